The fourth-order valence-corrected chi connectivity index (χ4v) is 3.47. The Labute approximate surface area is 167 Å². The predicted octanol–water partition coefficient (Wildman–Crippen LogP) is 3.18. The van der Waals surface area contributed by atoms with Gasteiger partial charge in [0.25, 0.3) is 0 Å². The fourth-order valence-electron chi connectivity index (χ4n) is 3.47. The second-order valence-corrected chi connectivity index (χ2v) is 6.99. The van der Waals surface area contributed by atoms with E-state index < -0.39 is 0 Å². The monoisotopic (exact) mass is 397 g/mol. The predicted molar refractivity (Wildman–Crippen MR) is 107 cm³/mol. The number of nitrogens with one attached hydrogen (secondary N) is 1. The summed E-state index contributed by atoms with van der Waals surface area (Å²) in [6.45, 7) is 3.04. The highest BCUT2D eigenvalue weighted by Crippen LogP contribution is 2.33. The molecule has 0 aliphatic carbocycles. The molecule has 2 aromatic carbocycles. The van der Waals surface area contributed by atoms with Gasteiger partial charge in [-0.05, 0) is 55.0 Å². The summed E-state index contributed by atoms with van der Waals surface area (Å²) in [4.78, 5) is 18.4. The highest BCUT2D eigenvalue weighted by Gasteiger charge is 2.26. The molecule has 0 spiro atoms. The first-order valence-electron chi connectivity index (χ1n) is 9.32. The van der Waals surface area contributed by atoms with Gasteiger partial charge in [-0.2, -0.15) is 0 Å². The summed E-state index contributed by atoms with van der Waals surface area (Å²) in [7, 11) is 0. The first-order chi connectivity index (χ1) is 14.0. The largest absolute Gasteiger partial charge is 0.340 e. The van der Waals surface area contributed by atoms with E-state index in [1.807, 2.05) is 4.57 Å². The van der Waals surface area contributed by atoms with E-state index in [1.54, 1.807) is 36.1 Å². The second kappa shape index (κ2) is 7.63. The van der Waals surface area contributed by atoms with Gasteiger partial charge in [0.05, 0.1) is 13.1 Å². The van der Waals surface area contributed by atoms with E-state index in [0.717, 1.165) is 17.1 Å². The van der Waals surface area contributed by atoms with E-state index in [1.165, 1.54) is 18.2 Å². The smallest absolute Gasteiger partial charge is 0.236 e. The zero-order chi connectivity index (χ0) is 20.5. The van der Waals surface area contributed by atoms with Crippen molar-refractivity contribution in [3.8, 4) is 11.3 Å². The molecule has 0 saturated carbocycles. The number of hydrogen-bond donors (Lipinski definition) is 2. The number of aryl methyl sites for hydroxylation is 1. The van der Waals surface area contributed by atoms with Crippen molar-refractivity contribution in [3.05, 3.63) is 65.5 Å². The SMILES string of the molecule is Cc1cc(Nc2c(-c3ccc(F)cc3)nc3n2CCN(C(=O)CN)C3)ccc1F. The molecule has 1 amide bonds. The zero-order valence-electron chi connectivity index (χ0n) is 16.0. The molecule has 0 unspecified atom stereocenters. The van der Waals surface area contributed by atoms with Crippen molar-refractivity contribution in [2.24, 2.45) is 5.73 Å². The third kappa shape index (κ3) is 3.71. The van der Waals surface area contributed by atoms with Gasteiger partial charge in [-0.1, -0.05) is 0 Å². The third-order valence-corrected chi connectivity index (χ3v) is 5.04. The maximum absolute atomic E-state index is 13.7. The molecular weight excluding hydrogens is 376 g/mol. The molecule has 0 bridgehead atoms. The number of rotatable bonds is 4. The van der Waals surface area contributed by atoms with Crippen LogP contribution in [0, 0.1) is 18.6 Å². The Hall–Kier alpha value is -3.26. The molecular formula is C21H21F2N5O. The number of anilines is 2. The highest BCUT2D eigenvalue weighted by molar-refractivity contribution is 5.79. The summed E-state index contributed by atoms with van der Waals surface area (Å²) in [6.07, 6.45) is 0. The fraction of sp³-hybridized carbons (Fsp3) is 0.238. The van der Waals surface area contributed by atoms with Gasteiger partial charge in [0.2, 0.25) is 5.91 Å². The number of nitrogens with zero attached hydrogens (tertiary/aromatic N) is 3. The van der Waals surface area contributed by atoms with Crippen molar-refractivity contribution >= 4 is 17.4 Å². The van der Waals surface area contributed by atoms with Crippen LogP contribution in [-0.2, 0) is 17.9 Å². The van der Waals surface area contributed by atoms with Gasteiger partial charge in [0.1, 0.15) is 29.0 Å². The molecule has 1 aromatic heterocycles. The molecule has 0 fully saturated rings. The van der Waals surface area contributed by atoms with Crippen LogP contribution < -0.4 is 11.1 Å². The number of halogens is 2. The standard InChI is InChI=1S/C21H21F2N5O/c1-13-10-16(6-7-17(13)23)25-21-20(14-2-4-15(22)5-3-14)26-18-12-27(19(29)11-24)8-9-28(18)21/h2-7,10,25H,8-9,11-12,24H2,1H3. The van der Waals surface area contributed by atoms with Crippen molar-refractivity contribution < 1.29 is 13.6 Å². The Kier molecular flexibility index (Phi) is 5.02. The van der Waals surface area contributed by atoms with E-state index in [-0.39, 0.29) is 24.1 Å². The Morgan fingerprint density at radius 1 is 1.17 bits per heavy atom. The van der Waals surface area contributed by atoms with E-state index in [9.17, 15) is 13.6 Å². The number of benzene rings is 2. The van der Waals surface area contributed by atoms with Crippen LogP contribution in [0.2, 0.25) is 0 Å². The number of fused-ring (bicyclic) bond motifs is 1. The number of aromatic nitrogens is 2. The van der Waals surface area contributed by atoms with Crippen LogP contribution in [-0.4, -0.2) is 33.4 Å². The topological polar surface area (TPSA) is 76.2 Å². The number of carbonyl (C=O) groups is 1. The summed E-state index contributed by atoms with van der Waals surface area (Å²) < 4.78 is 29.1. The van der Waals surface area contributed by atoms with Gasteiger partial charge in [-0.15, -0.1) is 0 Å². The lowest BCUT2D eigenvalue weighted by Gasteiger charge is -2.28. The van der Waals surface area contributed by atoms with Crippen molar-refractivity contribution in [1.29, 1.82) is 0 Å². The molecule has 29 heavy (non-hydrogen) atoms. The average Bonchev–Trinajstić information content (AvgIpc) is 3.08. The molecule has 8 heteroatoms. The van der Waals surface area contributed by atoms with Crippen LogP contribution >= 0.6 is 0 Å². The third-order valence-electron chi connectivity index (χ3n) is 5.04. The molecule has 1 aliphatic heterocycles. The van der Waals surface area contributed by atoms with Gasteiger partial charge >= 0.3 is 0 Å². The Morgan fingerprint density at radius 2 is 1.93 bits per heavy atom. The molecule has 4 rings (SSSR count). The normalized spacial score (nSPS) is 13.3. The average molecular weight is 397 g/mol. The number of amides is 1. The van der Waals surface area contributed by atoms with E-state index in [0.29, 0.717) is 36.7 Å². The lowest BCUT2D eigenvalue weighted by atomic mass is 10.1. The summed E-state index contributed by atoms with van der Waals surface area (Å²) >= 11 is 0. The first-order valence-corrected chi connectivity index (χ1v) is 9.32. The molecule has 0 atom stereocenters. The number of imidazole rings is 1. The minimum Gasteiger partial charge on any atom is -0.340 e. The summed E-state index contributed by atoms with van der Waals surface area (Å²) in [5.74, 6) is 0.684. The minimum atomic E-state index is -0.332. The molecule has 2 heterocycles. The Balaban J connectivity index is 1.77. The zero-order valence-corrected chi connectivity index (χ0v) is 16.0. The minimum absolute atomic E-state index is 0.0501. The lowest BCUT2D eigenvalue weighted by molar-refractivity contribution is -0.131. The summed E-state index contributed by atoms with van der Waals surface area (Å²) in [5.41, 5.74) is 8.12. The molecule has 150 valence electrons. The van der Waals surface area contributed by atoms with Gasteiger partial charge in [-0.3, -0.25) is 4.79 Å². The van der Waals surface area contributed by atoms with Crippen molar-refractivity contribution in [2.75, 3.05) is 18.4 Å². The van der Waals surface area contributed by atoms with E-state index in [4.69, 9.17) is 10.7 Å². The maximum Gasteiger partial charge on any atom is 0.236 e. The van der Waals surface area contributed by atoms with Gasteiger partial charge in [0, 0.05) is 24.3 Å². The van der Waals surface area contributed by atoms with Crippen molar-refractivity contribution in [2.45, 2.75) is 20.0 Å². The van der Waals surface area contributed by atoms with Crippen molar-refractivity contribution in [3.63, 3.8) is 0 Å². The lowest BCUT2D eigenvalue weighted by Crippen LogP contribution is -2.41. The van der Waals surface area contributed by atoms with Gasteiger partial charge in [-0.25, -0.2) is 13.8 Å². The van der Waals surface area contributed by atoms with Crippen LogP contribution in [0.5, 0.6) is 0 Å². The molecule has 6 nitrogen and oxygen atoms in total. The highest BCUT2D eigenvalue weighted by atomic mass is 19.1. The maximum atomic E-state index is 13.7. The number of carbonyl (C=O) groups excluding carboxylic acids is 1. The van der Waals surface area contributed by atoms with Crippen LogP contribution in [0.25, 0.3) is 11.3 Å². The first kappa shape index (κ1) is 19.1. The Morgan fingerprint density at radius 3 is 2.62 bits per heavy atom. The van der Waals surface area contributed by atoms with Crippen molar-refractivity contribution in [1.82, 2.24) is 14.5 Å². The summed E-state index contributed by atoms with van der Waals surface area (Å²) in [6, 6.07) is 10.9. The van der Waals surface area contributed by atoms with Crippen LogP contribution in [0.15, 0.2) is 42.5 Å². The Bertz CT molecular complexity index is 1060. The van der Waals surface area contributed by atoms with Crippen LogP contribution in [0.1, 0.15) is 11.4 Å². The van der Waals surface area contributed by atoms with E-state index >= 15 is 0 Å². The molecule has 3 aromatic rings. The molecule has 3 N–H and O–H groups in total. The molecule has 0 saturated heterocycles. The van der Waals surface area contributed by atoms with E-state index in [2.05, 4.69) is 5.32 Å². The molecule has 1 aliphatic rings. The van der Waals surface area contributed by atoms with Crippen LogP contribution in [0.4, 0.5) is 20.3 Å². The van der Waals surface area contributed by atoms with Gasteiger partial charge in [0.15, 0.2) is 0 Å². The van der Waals surface area contributed by atoms with Gasteiger partial charge < -0.3 is 20.5 Å². The quantitative estimate of drug-likeness (QED) is 0.709. The number of hydrogen-bond acceptors (Lipinski definition) is 4. The summed E-state index contributed by atoms with van der Waals surface area (Å²) in [5, 5.41) is 3.33. The second-order valence-electron chi connectivity index (χ2n) is 6.99. The van der Waals surface area contributed by atoms with Crippen LogP contribution in [0.3, 0.4) is 0 Å². The molecule has 0 radical (unpaired) electrons. The number of nitrogens with two attached hydrogens (primary N) is 1.